The largest absolute Gasteiger partial charge is 0.348 e. The van der Waals surface area contributed by atoms with Crippen molar-refractivity contribution in [3.8, 4) is 0 Å². The maximum atomic E-state index is 14.2. The standard InChI is InChI=1S/C18H15FN2O/c19-17(21-11-10-15-8-4-5-9-16(15)21)12-18(22)20-13-14-6-2-1-3-7-14/h1-12H,13H2,(H,20,22)/b17-12+. The van der Waals surface area contributed by atoms with Gasteiger partial charge in [0.05, 0.1) is 11.6 Å². The third kappa shape index (κ3) is 3.06. The number of nitrogens with zero attached hydrogens (tertiary/aromatic N) is 1. The van der Waals surface area contributed by atoms with E-state index in [4.69, 9.17) is 0 Å². The van der Waals surface area contributed by atoms with Crippen LogP contribution >= 0.6 is 0 Å². The second kappa shape index (κ2) is 6.26. The van der Waals surface area contributed by atoms with Crippen LogP contribution in [0.1, 0.15) is 5.56 Å². The average Bonchev–Trinajstić information content (AvgIpc) is 2.98. The maximum absolute atomic E-state index is 14.2. The molecule has 0 bridgehead atoms. The highest BCUT2D eigenvalue weighted by atomic mass is 19.1. The molecular formula is C18H15FN2O. The highest BCUT2D eigenvalue weighted by molar-refractivity contribution is 5.93. The quantitative estimate of drug-likeness (QED) is 0.731. The fourth-order valence-corrected chi connectivity index (χ4v) is 2.28. The van der Waals surface area contributed by atoms with E-state index in [2.05, 4.69) is 5.32 Å². The molecule has 0 saturated heterocycles. The second-order valence-corrected chi connectivity index (χ2v) is 4.92. The van der Waals surface area contributed by atoms with Crippen LogP contribution in [0.3, 0.4) is 0 Å². The normalized spacial score (nSPS) is 11.6. The highest BCUT2D eigenvalue weighted by Crippen LogP contribution is 2.19. The Labute approximate surface area is 127 Å². The molecule has 0 atom stereocenters. The summed E-state index contributed by atoms with van der Waals surface area (Å²) in [4.78, 5) is 11.8. The smallest absolute Gasteiger partial charge is 0.248 e. The van der Waals surface area contributed by atoms with Gasteiger partial charge >= 0.3 is 0 Å². The van der Waals surface area contributed by atoms with E-state index in [0.717, 1.165) is 22.5 Å². The van der Waals surface area contributed by atoms with E-state index < -0.39 is 11.9 Å². The summed E-state index contributed by atoms with van der Waals surface area (Å²) in [6.07, 6.45) is 2.58. The Bertz CT molecular complexity index is 821. The predicted octanol–water partition coefficient (Wildman–Crippen LogP) is 3.73. The van der Waals surface area contributed by atoms with Crippen molar-refractivity contribution in [2.75, 3.05) is 0 Å². The number of nitrogens with one attached hydrogen (secondary N) is 1. The number of para-hydroxylation sites is 1. The van der Waals surface area contributed by atoms with Crippen LogP contribution in [-0.4, -0.2) is 10.5 Å². The number of fused-ring (bicyclic) bond motifs is 1. The van der Waals surface area contributed by atoms with Gasteiger partial charge in [0.1, 0.15) is 0 Å². The molecule has 22 heavy (non-hydrogen) atoms. The topological polar surface area (TPSA) is 34.0 Å². The van der Waals surface area contributed by atoms with E-state index >= 15 is 0 Å². The summed E-state index contributed by atoms with van der Waals surface area (Å²) in [5.74, 6) is -1.06. The molecule has 0 saturated carbocycles. The lowest BCUT2D eigenvalue weighted by Gasteiger charge is -2.04. The Balaban J connectivity index is 1.72. The van der Waals surface area contributed by atoms with Crippen LogP contribution in [0, 0.1) is 0 Å². The van der Waals surface area contributed by atoms with Gasteiger partial charge in [-0.2, -0.15) is 4.39 Å². The van der Waals surface area contributed by atoms with Gasteiger partial charge in [0.2, 0.25) is 11.9 Å². The average molecular weight is 294 g/mol. The second-order valence-electron chi connectivity index (χ2n) is 4.92. The van der Waals surface area contributed by atoms with E-state index in [1.807, 2.05) is 60.7 Å². The first-order chi connectivity index (χ1) is 10.7. The molecule has 0 unspecified atom stereocenters. The molecule has 3 aromatic rings. The lowest BCUT2D eigenvalue weighted by molar-refractivity contribution is -0.116. The molecule has 0 aliphatic rings. The van der Waals surface area contributed by atoms with Crippen molar-refractivity contribution in [3.05, 3.63) is 78.5 Å². The van der Waals surface area contributed by atoms with Crippen LogP contribution in [-0.2, 0) is 11.3 Å². The Hall–Kier alpha value is -2.88. The van der Waals surface area contributed by atoms with Gasteiger partial charge in [-0.15, -0.1) is 0 Å². The zero-order valence-corrected chi connectivity index (χ0v) is 11.9. The molecule has 3 nitrogen and oxygen atoms in total. The lowest BCUT2D eigenvalue weighted by atomic mass is 10.2. The zero-order chi connectivity index (χ0) is 15.4. The van der Waals surface area contributed by atoms with Gasteiger partial charge < -0.3 is 5.32 Å². The Kier molecular flexibility index (Phi) is 4.01. The van der Waals surface area contributed by atoms with Crippen LogP contribution in [0.25, 0.3) is 16.9 Å². The fraction of sp³-hybridized carbons (Fsp3) is 0.0556. The molecule has 2 aromatic carbocycles. The van der Waals surface area contributed by atoms with Crippen LogP contribution in [0.15, 0.2) is 72.9 Å². The van der Waals surface area contributed by atoms with Crippen molar-refractivity contribution in [2.24, 2.45) is 0 Å². The molecule has 0 radical (unpaired) electrons. The summed E-state index contributed by atoms with van der Waals surface area (Å²) in [6.45, 7) is 0.371. The molecule has 1 amide bonds. The number of carbonyl (C=O) groups is 1. The molecule has 4 heteroatoms. The molecule has 0 aliphatic carbocycles. The lowest BCUT2D eigenvalue weighted by Crippen LogP contribution is -2.20. The first kappa shape index (κ1) is 14.1. The third-order valence-corrected chi connectivity index (χ3v) is 3.39. The van der Waals surface area contributed by atoms with Gasteiger partial charge in [-0.3, -0.25) is 9.36 Å². The number of hydrogen-bond donors (Lipinski definition) is 1. The van der Waals surface area contributed by atoms with Gasteiger partial charge in [0, 0.05) is 18.1 Å². The Morgan fingerprint density at radius 2 is 1.77 bits per heavy atom. The van der Waals surface area contributed by atoms with Crippen LogP contribution in [0.4, 0.5) is 4.39 Å². The molecule has 3 rings (SSSR count). The Morgan fingerprint density at radius 3 is 2.59 bits per heavy atom. The number of aromatic nitrogens is 1. The summed E-state index contributed by atoms with van der Waals surface area (Å²) < 4.78 is 15.6. The Morgan fingerprint density at radius 1 is 1.05 bits per heavy atom. The van der Waals surface area contributed by atoms with Crippen LogP contribution < -0.4 is 5.32 Å². The van der Waals surface area contributed by atoms with Crippen molar-refractivity contribution in [3.63, 3.8) is 0 Å². The fourth-order valence-electron chi connectivity index (χ4n) is 2.28. The van der Waals surface area contributed by atoms with Gasteiger partial charge in [-0.1, -0.05) is 48.5 Å². The van der Waals surface area contributed by atoms with Crippen molar-refractivity contribution in [1.29, 1.82) is 0 Å². The predicted molar refractivity (Wildman–Crippen MR) is 85.6 cm³/mol. The van der Waals surface area contributed by atoms with Gasteiger partial charge in [0.25, 0.3) is 0 Å². The number of hydrogen-bond acceptors (Lipinski definition) is 1. The third-order valence-electron chi connectivity index (χ3n) is 3.39. The van der Waals surface area contributed by atoms with Crippen LogP contribution in [0.2, 0.25) is 0 Å². The molecule has 0 aliphatic heterocycles. The number of amides is 1. The molecule has 0 fully saturated rings. The SMILES string of the molecule is O=C(/C=C(\F)n1ccc2ccccc21)NCc1ccccc1. The van der Waals surface area contributed by atoms with Crippen molar-refractivity contribution >= 4 is 22.8 Å². The maximum Gasteiger partial charge on any atom is 0.248 e. The summed E-state index contributed by atoms with van der Waals surface area (Å²) in [7, 11) is 0. The summed E-state index contributed by atoms with van der Waals surface area (Å²) in [5, 5.41) is 3.60. The van der Waals surface area contributed by atoms with E-state index in [9.17, 15) is 9.18 Å². The summed E-state index contributed by atoms with van der Waals surface area (Å²) in [5.41, 5.74) is 1.70. The molecule has 1 N–H and O–H groups in total. The zero-order valence-electron chi connectivity index (χ0n) is 11.9. The summed E-state index contributed by atoms with van der Waals surface area (Å²) >= 11 is 0. The molecule has 110 valence electrons. The monoisotopic (exact) mass is 294 g/mol. The minimum absolute atomic E-state index is 0.371. The van der Waals surface area contributed by atoms with E-state index in [1.165, 1.54) is 4.57 Å². The molecule has 1 heterocycles. The van der Waals surface area contributed by atoms with Crippen molar-refractivity contribution in [2.45, 2.75) is 6.54 Å². The molecule has 0 spiro atoms. The van der Waals surface area contributed by atoms with Crippen LogP contribution in [0.5, 0.6) is 0 Å². The molecule has 1 aromatic heterocycles. The number of benzene rings is 2. The number of halogens is 1. The number of rotatable bonds is 4. The first-order valence-electron chi connectivity index (χ1n) is 6.99. The summed E-state index contributed by atoms with van der Waals surface area (Å²) in [6, 6.07) is 18.7. The molecular weight excluding hydrogens is 279 g/mol. The highest BCUT2D eigenvalue weighted by Gasteiger charge is 2.07. The van der Waals surface area contributed by atoms with E-state index in [1.54, 1.807) is 6.20 Å². The minimum atomic E-state index is -0.605. The van der Waals surface area contributed by atoms with E-state index in [0.29, 0.717) is 6.54 Å². The van der Waals surface area contributed by atoms with Gasteiger partial charge in [0.15, 0.2) is 0 Å². The van der Waals surface area contributed by atoms with Crippen molar-refractivity contribution < 1.29 is 9.18 Å². The number of carbonyl (C=O) groups excluding carboxylic acids is 1. The van der Waals surface area contributed by atoms with Gasteiger partial charge in [-0.25, -0.2) is 0 Å². The van der Waals surface area contributed by atoms with Gasteiger partial charge in [-0.05, 0) is 17.7 Å². The minimum Gasteiger partial charge on any atom is -0.348 e. The van der Waals surface area contributed by atoms with Crippen molar-refractivity contribution in [1.82, 2.24) is 9.88 Å². The first-order valence-corrected chi connectivity index (χ1v) is 6.99. The van der Waals surface area contributed by atoms with E-state index in [-0.39, 0.29) is 0 Å².